The van der Waals surface area contributed by atoms with Gasteiger partial charge < -0.3 is 10.6 Å². The molecular formula is C20H29IN4S. The number of halogens is 1. The number of rotatable bonds is 7. The van der Waals surface area contributed by atoms with Gasteiger partial charge in [0.05, 0.1) is 17.2 Å². The van der Waals surface area contributed by atoms with Crippen LogP contribution in [0.3, 0.4) is 0 Å². The van der Waals surface area contributed by atoms with Gasteiger partial charge in [-0.25, -0.2) is 9.98 Å². The van der Waals surface area contributed by atoms with Crippen molar-refractivity contribution in [3.63, 3.8) is 0 Å². The normalized spacial score (nSPS) is 15.7. The van der Waals surface area contributed by atoms with Crippen LogP contribution in [0.25, 0.3) is 0 Å². The fourth-order valence-corrected chi connectivity index (χ4v) is 4.04. The Balaban J connectivity index is 0.00000243. The van der Waals surface area contributed by atoms with Gasteiger partial charge in [-0.1, -0.05) is 43.7 Å². The molecule has 0 aliphatic heterocycles. The summed E-state index contributed by atoms with van der Waals surface area (Å²) >= 11 is 1.72. The minimum absolute atomic E-state index is 0. The summed E-state index contributed by atoms with van der Waals surface area (Å²) in [5.74, 6) is 0.885. The van der Waals surface area contributed by atoms with Crippen molar-refractivity contribution >= 4 is 41.3 Å². The van der Waals surface area contributed by atoms with E-state index >= 15 is 0 Å². The molecule has 4 nitrogen and oxygen atoms in total. The van der Waals surface area contributed by atoms with Crippen LogP contribution >= 0.6 is 35.3 Å². The molecule has 6 heteroatoms. The smallest absolute Gasteiger partial charge is 0.191 e. The van der Waals surface area contributed by atoms with Gasteiger partial charge in [0.1, 0.15) is 0 Å². The fourth-order valence-electron chi connectivity index (χ4n) is 3.30. The van der Waals surface area contributed by atoms with Crippen LogP contribution in [0, 0.1) is 0 Å². The SMILES string of the molecule is CCNC(=NCc1csc(CC)n1)NCC1(c2ccccc2)CCC1.I. The highest BCUT2D eigenvalue weighted by molar-refractivity contribution is 14.0. The Hall–Kier alpha value is -1.15. The average Bonchev–Trinajstić information content (AvgIpc) is 3.07. The Morgan fingerprint density at radius 2 is 1.96 bits per heavy atom. The van der Waals surface area contributed by atoms with Crippen molar-refractivity contribution in [2.24, 2.45) is 4.99 Å². The monoisotopic (exact) mass is 484 g/mol. The highest BCUT2D eigenvalue weighted by Crippen LogP contribution is 2.43. The standard InChI is InChI=1S/C20H28N4S.HI/c1-3-18-24-17(14-25-18)13-22-19(21-4-2)23-15-20(11-8-12-20)16-9-6-5-7-10-16;/h5-7,9-10,14H,3-4,8,11-13,15H2,1-2H3,(H2,21,22,23);1H. The maximum Gasteiger partial charge on any atom is 0.191 e. The minimum Gasteiger partial charge on any atom is -0.357 e. The maximum atomic E-state index is 4.73. The van der Waals surface area contributed by atoms with Gasteiger partial charge in [0.2, 0.25) is 0 Å². The minimum atomic E-state index is 0. The van der Waals surface area contributed by atoms with E-state index in [1.807, 2.05) is 0 Å². The second-order valence-electron chi connectivity index (χ2n) is 6.63. The molecule has 0 spiro atoms. The molecule has 0 saturated heterocycles. The van der Waals surface area contributed by atoms with Crippen LogP contribution in [-0.2, 0) is 18.4 Å². The molecule has 0 amide bonds. The molecule has 1 aliphatic rings. The molecule has 1 aromatic carbocycles. The van der Waals surface area contributed by atoms with Crippen LogP contribution in [-0.4, -0.2) is 24.0 Å². The van der Waals surface area contributed by atoms with E-state index in [1.165, 1.54) is 29.8 Å². The molecule has 0 bridgehead atoms. The highest BCUT2D eigenvalue weighted by atomic mass is 127. The van der Waals surface area contributed by atoms with E-state index < -0.39 is 0 Å². The first-order chi connectivity index (χ1) is 12.3. The second-order valence-corrected chi connectivity index (χ2v) is 7.58. The Kier molecular flexibility index (Phi) is 8.34. The van der Waals surface area contributed by atoms with Crippen molar-refractivity contribution in [1.82, 2.24) is 15.6 Å². The summed E-state index contributed by atoms with van der Waals surface area (Å²) in [5.41, 5.74) is 2.75. The Labute approximate surface area is 177 Å². The number of thiazole rings is 1. The number of benzene rings is 1. The van der Waals surface area contributed by atoms with E-state index in [1.54, 1.807) is 11.3 Å². The summed E-state index contributed by atoms with van der Waals surface area (Å²) in [5, 5.41) is 10.2. The topological polar surface area (TPSA) is 49.3 Å². The summed E-state index contributed by atoms with van der Waals surface area (Å²) < 4.78 is 0. The van der Waals surface area contributed by atoms with Crippen LogP contribution < -0.4 is 10.6 Å². The lowest BCUT2D eigenvalue weighted by Gasteiger charge is -2.43. The molecule has 3 rings (SSSR count). The lowest BCUT2D eigenvalue weighted by atomic mass is 9.64. The molecule has 1 aliphatic carbocycles. The summed E-state index contributed by atoms with van der Waals surface area (Å²) in [6.45, 7) is 6.66. The molecule has 0 atom stereocenters. The molecule has 1 heterocycles. The molecule has 26 heavy (non-hydrogen) atoms. The van der Waals surface area contributed by atoms with Gasteiger partial charge in [-0.05, 0) is 31.7 Å². The Bertz CT molecular complexity index is 695. The van der Waals surface area contributed by atoms with Crippen molar-refractivity contribution in [2.45, 2.75) is 51.5 Å². The van der Waals surface area contributed by atoms with Gasteiger partial charge in [-0.3, -0.25) is 0 Å². The fraction of sp³-hybridized carbons (Fsp3) is 0.500. The molecule has 1 aromatic heterocycles. The zero-order valence-corrected chi connectivity index (χ0v) is 18.8. The summed E-state index contributed by atoms with van der Waals surface area (Å²) in [7, 11) is 0. The summed E-state index contributed by atoms with van der Waals surface area (Å²) in [6, 6.07) is 10.9. The summed E-state index contributed by atoms with van der Waals surface area (Å²) in [6.07, 6.45) is 4.79. The van der Waals surface area contributed by atoms with E-state index in [-0.39, 0.29) is 29.4 Å². The first kappa shape index (κ1) is 21.2. The third-order valence-electron chi connectivity index (χ3n) is 4.94. The van der Waals surface area contributed by atoms with Crippen LogP contribution in [0.2, 0.25) is 0 Å². The molecule has 2 aromatic rings. The van der Waals surface area contributed by atoms with Crippen molar-refractivity contribution in [2.75, 3.05) is 13.1 Å². The van der Waals surface area contributed by atoms with Gasteiger partial charge in [0.15, 0.2) is 5.96 Å². The van der Waals surface area contributed by atoms with Crippen molar-refractivity contribution in [3.05, 3.63) is 52.0 Å². The van der Waals surface area contributed by atoms with Gasteiger partial charge in [-0.15, -0.1) is 35.3 Å². The lowest BCUT2D eigenvalue weighted by molar-refractivity contribution is 0.244. The molecule has 0 unspecified atom stereocenters. The van der Waals surface area contributed by atoms with Gasteiger partial charge in [0.25, 0.3) is 0 Å². The molecule has 142 valence electrons. The van der Waals surface area contributed by atoms with Crippen LogP contribution in [0.1, 0.15) is 49.4 Å². The summed E-state index contributed by atoms with van der Waals surface area (Å²) in [4.78, 5) is 9.33. The van der Waals surface area contributed by atoms with E-state index in [9.17, 15) is 0 Å². The first-order valence-corrected chi connectivity index (χ1v) is 10.1. The number of nitrogens with zero attached hydrogens (tertiary/aromatic N) is 2. The van der Waals surface area contributed by atoms with Crippen molar-refractivity contribution in [1.29, 1.82) is 0 Å². The molecular weight excluding hydrogens is 455 g/mol. The predicted molar refractivity (Wildman–Crippen MR) is 122 cm³/mol. The van der Waals surface area contributed by atoms with E-state index in [0.29, 0.717) is 6.54 Å². The number of aliphatic imine (C=N–C) groups is 1. The lowest BCUT2D eigenvalue weighted by Crippen LogP contribution is -2.48. The molecule has 1 saturated carbocycles. The van der Waals surface area contributed by atoms with Gasteiger partial charge in [0, 0.05) is 23.9 Å². The van der Waals surface area contributed by atoms with Gasteiger partial charge >= 0.3 is 0 Å². The van der Waals surface area contributed by atoms with Gasteiger partial charge in [-0.2, -0.15) is 0 Å². The van der Waals surface area contributed by atoms with Crippen LogP contribution in [0.5, 0.6) is 0 Å². The number of guanidine groups is 1. The van der Waals surface area contributed by atoms with Crippen molar-refractivity contribution in [3.8, 4) is 0 Å². The third kappa shape index (κ3) is 5.19. The highest BCUT2D eigenvalue weighted by Gasteiger charge is 2.38. The predicted octanol–water partition coefficient (Wildman–Crippen LogP) is 4.50. The number of hydrogen-bond donors (Lipinski definition) is 2. The molecule has 2 N–H and O–H groups in total. The molecule has 1 fully saturated rings. The number of aryl methyl sites for hydroxylation is 1. The molecule has 0 radical (unpaired) electrons. The Morgan fingerprint density at radius 1 is 1.19 bits per heavy atom. The van der Waals surface area contributed by atoms with E-state index in [4.69, 9.17) is 4.99 Å². The second kappa shape index (κ2) is 10.3. The maximum absolute atomic E-state index is 4.73. The zero-order valence-electron chi connectivity index (χ0n) is 15.6. The van der Waals surface area contributed by atoms with Crippen LogP contribution in [0.4, 0.5) is 0 Å². The third-order valence-corrected chi connectivity index (χ3v) is 5.98. The first-order valence-electron chi connectivity index (χ1n) is 9.27. The average molecular weight is 484 g/mol. The number of hydrogen-bond acceptors (Lipinski definition) is 3. The zero-order chi connectivity index (χ0) is 17.5. The quantitative estimate of drug-likeness (QED) is 0.346. The van der Waals surface area contributed by atoms with E-state index in [2.05, 4.69) is 65.2 Å². The van der Waals surface area contributed by atoms with E-state index in [0.717, 1.165) is 31.2 Å². The number of nitrogens with one attached hydrogen (secondary N) is 2. The van der Waals surface area contributed by atoms with Crippen molar-refractivity contribution < 1.29 is 0 Å². The number of aromatic nitrogens is 1. The van der Waals surface area contributed by atoms with Crippen LogP contribution in [0.15, 0.2) is 40.7 Å². The largest absolute Gasteiger partial charge is 0.357 e. The Morgan fingerprint density at radius 3 is 2.54 bits per heavy atom.